The number of hydrogen-bond donors (Lipinski definition) is 1. The monoisotopic (exact) mass is 399 g/mol. The van der Waals surface area contributed by atoms with E-state index in [1.807, 2.05) is 35.2 Å². The van der Waals surface area contributed by atoms with Gasteiger partial charge in [-0.15, -0.1) is 0 Å². The molecule has 1 aliphatic rings. The van der Waals surface area contributed by atoms with Gasteiger partial charge in [-0.25, -0.2) is 8.42 Å². The van der Waals surface area contributed by atoms with Crippen molar-refractivity contribution < 1.29 is 8.42 Å². The van der Waals surface area contributed by atoms with E-state index in [1.165, 1.54) is 9.71 Å². The molecule has 0 saturated carbocycles. The number of piperazine rings is 1. The zero-order valence-corrected chi connectivity index (χ0v) is 16.2. The first-order valence-electron chi connectivity index (χ1n) is 8.87. The third kappa shape index (κ3) is 3.56. The Morgan fingerprint density at radius 1 is 1.07 bits per heavy atom. The van der Waals surface area contributed by atoms with Crippen molar-refractivity contribution in [1.82, 2.24) is 24.1 Å². The molecule has 1 aliphatic heterocycles. The van der Waals surface area contributed by atoms with Gasteiger partial charge in [0, 0.05) is 38.6 Å². The van der Waals surface area contributed by atoms with Crippen molar-refractivity contribution in [2.75, 3.05) is 36.8 Å². The van der Waals surface area contributed by atoms with Gasteiger partial charge >= 0.3 is 0 Å². The van der Waals surface area contributed by atoms with Gasteiger partial charge in [-0.3, -0.25) is 4.68 Å². The fourth-order valence-electron chi connectivity index (χ4n) is 3.13. The van der Waals surface area contributed by atoms with Crippen LogP contribution < -0.4 is 10.6 Å². The molecule has 0 amide bonds. The zero-order valence-electron chi connectivity index (χ0n) is 15.4. The smallest absolute Gasteiger partial charge is 0.236 e. The van der Waals surface area contributed by atoms with Gasteiger partial charge in [0.1, 0.15) is 5.82 Å². The minimum absolute atomic E-state index is 0.355. The van der Waals surface area contributed by atoms with E-state index in [9.17, 15) is 8.42 Å². The van der Waals surface area contributed by atoms with Gasteiger partial charge in [0.05, 0.1) is 11.6 Å². The number of nitrogens with two attached hydrogens (primary N) is 1. The molecule has 1 saturated heterocycles. The predicted octanol–water partition coefficient (Wildman–Crippen LogP) is 1.07. The summed E-state index contributed by atoms with van der Waals surface area (Å²) in [5.41, 5.74) is 7.52. The minimum atomic E-state index is -3.48. The molecule has 28 heavy (non-hydrogen) atoms. The van der Waals surface area contributed by atoms with Crippen LogP contribution in [-0.2, 0) is 17.1 Å². The molecule has 0 radical (unpaired) electrons. The fourth-order valence-corrected chi connectivity index (χ4v) is 4.30. The van der Waals surface area contributed by atoms with Gasteiger partial charge in [0.25, 0.3) is 0 Å². The van der Waals surface area contributed by atoms with Crippen LogP contribution in [0.15, 0.2) is 41.9 Å². The van der Waals surface area contributed by atoms with Crippen LogP contribution in [0.3, 0.4) is 0 Å². The van der Waals surface area contributed by atoms with Gasteiger partial charge in [-0.2, -0.15) is 19.4 Å². The van der Waals surface area contributed by atoms with Gasteiger partial charge in [-0.05, 0) is 11.6 Å². The van der Waals surface area contributed by atoms with E-state index in [0.717, 1.165) is 5.56 Å². The first-order chi connectivity index (χ1) is 13.4. The van der Waals surface area contributed by atoms with Crippen LogP contribution in [0.25, 0.3) is 17.1 Å². The summed E-state index contributed by atoms with van der Waals surface area (Å²) in [6.07, 6.45) is 3.25. The van der Waals surface area contributed by atoms with Crippen LogP contribution in [0.4, 0.5) is 11.8 Å². The van der Waals surface area contributed by atoms with Crippen molar-refractivity contribution in [2.24, 2.45) is 7.05 Å². The maximum Gasteiger partial charge on any atom is 0.236 e. The molecule has 146 valence electrons. The van der Waals surface area contributed by atoms with E-state index in [1.54, 1.807) is 24.0 Å². The Morgan fingerprint density at radius 2 is 1.79 bits per heavy atom. The Kier molecular flexibility index (Phi) is 4.73. The molecule has 3 heterocycles. The third-order valence-corrected chi connectivity index (χ3v) is 6.29. The summed E-state index contributed by atoms with van der Waals surface area (Å²) in [5.74, 6) is 0.861. The summed E-state index contributed by atoms with van der Waals surface area (Å²) < 4.78 is 28.3. The molecular weight excluding hydrogens is 378 g/mol. The quantitative estimate of drug-likeness (QED) is 0.699. The molecule has 10 heteroatoms. The van der Waals surface area contributed by atoms with Crippen LogP contribution in [0.1, 0.15) is 5.56 Å². The molecule has 1 fully saturated rings. The van der Waals surface area contributed by atoms with E-state index in [2.05, 4.69) is 15.1 Å². The number of rotatable bonds is 4. The maximum absolute atomic E-state index is 12.6. The molecule has 1 aromatic carbocycles. The van der Waals surface area contributed by atoms with Gasteiger partial charge < -0.3 is 10.6 Å². The van der Waals surface area contributed by atoms with Crippen LogP contribution in [-0.4, -0.2) is 58.7 Å². The van der Waals surface area contributed by atoms with Gasteiger partial charge in [-0.1, -0.05) is 30.3 Å². The highest BCUT2D eigenvalue weighted by Crippen LogP contribution is 2.22. The standard InChI is InChI=1S/C18H21N7O2S/c1-23-17-15(13-20-23)16(19)21-18(22-17)24-8-10-25(11-9-24)28(26,27)12-7-14-5-3-2-4-6-14/h2-7,12-13H,8-11H2,1H3,(H2,19,21,22)/b12-7+. The number of fused-ring (bicyclic) bond motifs is 1. The Morgan fingerprint density at radius 3 is 2.50 bits per heavy atom. The number of anilines is 2. The molecule has 0 bridgehead atoms. The zero-order chi connectivity index (χ0) is 19.7. The largest absolute Gasteiger partial charge is 0.383 e. The first-order valence-corrected chi connectivity index (χ1v) is 10.4. The number of hydrogen-bond acceptors (Lipinski definition) is 7. The van der Waals surface area contributed by atoms with Crippen molar-refractivity contribution >= 4 is 38.9 Å². The number of benzene rings is 1. The highest BCUT2D eigenvalue weighted by atomic mass is 32.2. The second kappa shape index (κ2) is 7.21. The number of sulfonamides is 1. The van der Waals surface area contributed by atoms with Crippen LogP contribution >= 0.6 is 0 Å². The predicted molar refractivity (Wildman–Crippen MR) is 109 cm³/mol. The summed E-state index contributed by atoms with van der Waals surface area (Å²) in [6.45, 7) is 1.69. The summed E-state index contributed by atoms with van der Waals surface area (Å²) >= 11 is 0. The number of aromatic nitrogens is 4. The fraction of sp³-hybridized carbons (Fsp3) is 0.278. The van der Waals surface area contributed by atoms with Gasteiger partial charge in [0.15, 0.2) is 5.65 Å². The lowest BCUT2D eigenvalue weighted by Crippen LogP contribution is -2.48. The normalized spacial score (nSPS) is 16.2. The lowest BCUT2D eigenvalue weighted by Gasteiger charge is -2.33. The van der Waals surface area contributed by atoms with E-state index in [0.29, 0.717) is 49.0 Å². The molecule has 3 aromatic rings. The lowest BCUT2D eigenvalue weighted by atomic mass is 10.2. The highest BCUT2D eigenvalue weighted by molar-refractivity contribution is 7.92. The molecular formula is C18H21N7O2S. The van der Waals surface area contributed by atoms with Crippen molar-refractivity contribution in [2.45, 2.75) is 0 Å². The number of nitrogens with zero attached hydrogens (tertiary/aromatic N) is 6. The van der Waals surface area contributed by atoms with Gasteiger partial charge in [0.2, 0.25) is 16.0 Å². The molecule has 4 rings (SSSR count). The van der Waals surface area contributed by atoms with Crippen LogP contribution in [0.5, 0.6) is 0 Å². The van der Waals surface area contributed by atoms with E-state index in [-0.39, 0.29) is 0 Å². The molecule has 0 spiro atoms. The summed E-state index contributed by atoms with van der Waals surface area (Å²) in [6, 6.07) is 9.36. The number of aryl methyl sites for hydroxylation is 1. The molecule has 9 nitrogen and oxygen atoms in total. The average molecular weight is 399 g/mol. The summed E-state index contributed by atoms with van der Waals surface area (Å²) in [5, 5.41) is 6.12. The second-order valence-corrected chi connectivity index (χ2v) is 8.38. The molecule has 2 N–H and O–H groups in total. The topological polar surface area (TPSA) is 110 Å². The van der Waals surface area contributed by atoms with Crippen molar-refractivity contribution in [3.8, 4) is 0 Å². The Labute approximate surface area is 163 Å². The van der Waals surface area contributed by atoms with Crippen molar-refractivity contribution in [1.29, 1.82) is 0 Å². The SMILES string of the molecule is Cn1ncc2c(N)nc(N3CCN(S(=O)(=O)/C=C/c4ccccc4)CC3)nc21. The van der Waals surface area contributed by atoms with E-state index >= 15 is 0 Å². The maximum atomic E-state index is 12.6. The molecule has 0 unspecified atom stereocenters. The minimum Gasteiger partial charge on any atom is -0.383 e. The van der Waals surface area contributed by atoms with Crippen molar-refractivity contribution in [3.63, 3.8) is 0 Å². The van der Waals surface area contributed by atoms with E-state index < -0.39 is 10.0 Å². The Hall–Kier alpha value is -2.98. The third-order valence-electron chi connectivity index (χ3n) is 4.72. The summed E-state index contributed by atoms with van der Waals surface area (Å²) in [7, 11) is -1.69. The Bertz CT molecular complexity index is 1120. The average Bonchev–Trinajstić information content (AvgIpc) is 3.09. The van der Waals surface area contributed by atoms with Crippen LogP contribution in [0, 0.1) is 0 Å². The molecule has 2 aromatic heterocycles. The van der Waals surface area contributed by atoms with E-state index in [4.69, 9.17) is 5.73 Å². The number of nitrogen functional groups attached to an aromatic ring is 1. The lowest BCUT2D eigenvalue weighted by molar-refractivity contribution is 0.387. The molecule has 0 atom stereocenters. The highest BCUT2D eigenvalue weighted by Gasteiger charge is 2.26. The second-order valence-electron chi connectivity index (χ2n) is 6.56. The van der Waals surface area contributed by atoms with Crippen molar-refractivity contribution in [3.05, 3.63) is 47.5 Å². The van der Waals surface area contributed by atoms with Crippen LogP contribution in [0.2, 0.25) is 0 Å². The molecule has 0 aliphatic carbocycles. The summed E-state index contributed by atoms with van der Waals surface area (Å²) in [4.78, 5) is 10.8. The first kappa shape index (κ1) is 18.4. The Balaban J connectivity index is 1.47.